The summed E-state index contributed by atoms with van der Waals surface area (Å²) < 4.78 is 5.16. The van der Waals surface area contributed by atoms with E-state index in [9.17, 15) is 4.79 Å². The Hall–Kier alpha value is -0.870. The van der Waals surface area contributed by atoms with Crippen LogP contribution in [0.4, 0.5) is 0 Å². The van der Waals surface area contributed by atoms with Gasteiger partial charge in [0.25, 0.3) is 0 Å². The van der Waals surface area contributed by atoms with E-state index < -0.39 is 0 Å². The molecule has 1 fully saturated rings. The van der Waals surface area contributed by atoms with E-state index in [4.69, 9.17) is 4.74 Å². The van der Waals surface area contributed by atoms with Crippen molar-refractivity contribution in [1.29, 1.82) is 0 Å². The fourth-order valence-electron chi connectivity index (χ4n) is 1.50. The predicted octanol–water partition coefficient (Wildman–Crippen LogP) is 0.0556. The summed E-state index contributed by atoms with van der Waals surface area (Å²) in [6.07, 6.45) is 3.54. The average molecular weight is 198 g/mol. The second kappa shape index (κ2) is 5.78. The van der Waals surface area contributed by atoms with Gasteiger partial charge in [0.15, 0.2) is 0 Å². The topological polar surface area (TPSA) is 50.4 Å². The molecule has 0 aliphatic carbocycles. The molecule has 1 saturated heterocycles. The molecule has 80 valence electrons. The van der Waals surface area contributed by atoms with Crippen LogP contribution in [0.2, 0.25) is 0 Å². The van der Waals surface area contributed by atoms with E-state index in [0.29, 0.717) is 6.54 Å². The summed E-state index contributed by atoms with van der Waals surface area (Å²) in [5.74, 6) is 0.0615. The Morgan fingerprint density at radius 3 is 3.14 bits per heavy atom. The van der Waals surface area contributed by atoms with E-state index in [1.165, 1.54) is 0 Å². The van der Waals surface area contributed by atoms with Gasteiger partial charge >= 0.3 is 0 Å². The Morgan fingerprint density at radius 2 is 2.57 bits per heavy atom. The maximum absolute atomic E-state index is 11.5. The normalized spacial score (nSPS) is 26.1. The van der Waals surface area contributed by atoms with E-state index in [2.05, 4.69) is 17.2 Å². The van der Waals surface area contributed by atoms with Gasteiger partial charge in [-0.3, -0.25) is 4.79 Å². The second-order valence-electron chi connectivity index (χ2n) is 3.42. The molecular weight excluding hydrogens is 180 g/mol. The lowest BCUT2D eigenvalue weighted by atomic mass is 10.2. The Labute approximate surface area is 84.7 Å². The summed E-state index contributed by atoms with van der Waals surface area (Å²) in [5, 5.41) is 5.96. The minimum absolute atomic E-state index is 0.0615. The number of carbonyl (C=O) groups is 1. The summed E-state index contributed by atoms with van der Waals surface area (Å²) >= 11 is 0. The molecular formula is C10H18N2O2. The van der Waals surface area contributed by atoms with Gasteiger partial charge in [0.05, 0.1) is 12.1 Å². The molecule has 0 aromatic carbocycles. The Balaban J connectivity index is 2.21. The van der Waals surface area contributed by atoms with Crippen molar-refractivity contribution in [1.82, 2.24) is 10.6 Å². The van der Waals surface area contributed by atoms with Crippen LogP contribution in [0, 0.1) is 0 Å². The Bertz CT molecular complexity index is 206. The number of amides is 1. The van der Waals surface area contributed by atoms with Gasteiger partial charge in [0.1, 0.15) is 0 Å². The molecule has 0 bridgehead atoms. The number of methoxy groups -OCH3 is 1. The first-order valence-corrected chi connectivity index (χ1v) is 4.92. The average Bonchev–Trinajstić information content (AvgIpc) is 2.66. The number of ether oxygens (including phenoxy) is 1. The molecule has 0 aromatic rings. The summed E-state index contributed by atoms with van der Waals surface area (Å²) in [6.45, 7) is 5.02. The van der Waals surface area contributed by atoms with Gasteiger partial charge in [0, 0.05) is 20.2 Å². The molecule has 1 heterocycles. The monoisotopic (exact) mass is 198 g/mol. The highest BCUT2D eigenvalue weighted by molar-refractivity contribution is 5.82. The quantitative estimate of drug-likeness (QED) is 0.485. The lowest BCUT2D eigenvalue weighted by Gasteiger charge is -2.10. The third kappa shape index (κ3) is 3.12. The van der Waals surface area contributed by atoms with Gasteiger partial charge in [-0.15, -0.1) is 6.58 Å². The number of rotatable bonds is 5. The van der Waals surface area contributed by atoms with Crippen molar-refractivity contribution in [2.75, 3.05) is 20.2 Å². The lowest BCUT2D eigenvalue weighted by molar-refractivity contribution is -0.122. The largest absolute Gasteiger partial charge is 0.380 e. The third-order valence-electron chi connectivity index (χ3n) is 2.39. The molecule has 4 nitrogen and oxygen atoms in total. The SMILES string of the molecule is C=CCCNC(=O)C1CC(OC)CN1. The fourth-order valence-corrected chi connectivity index (χ4v) is 1.50. The minimum atomic E-state index is -0.0928. The Morgan fingerprint density at radius 1 is 1.79 bits per heavy atom. The van der Waals surface area contributed by atoms with Gasteiger partial charge in [-0.1, -0.05) is 6.08 Å². The van der Waals surface area contributed by atoms with Crippen LogP contribution in [0.15, 0.2) is 12.7 Å². The zero-order chi connectivity index (χ0) is 10.4. The van der Waals surface area contributed by atoms with E-state index in [1.807, 2.05) is 0 Å². The molecule has 1 amide bonds. The van der Waals surface area contributed by atoms with Crippen molar-refractivity contribution >= 4 is 5.91 Å². The summed E-state index contributed by atoms with van der Waals surface area (Å²) in [4.78, 5) is 11.5. The summed E-state index contributed by atoms with van der Waals surface area (Å²) in [5.41, 5.74) is 0. The molecule has 0 radical (unpaired) electrons. The zero-order valence-electron chi connectivity index (χ0n) is 8.58. The van der Waals surface area contributed by atoms with E-state index in [0.717, 1.165) is 19.4 Å². The minimum Gasteiger partial charge on any atom is -0.380 e. The maximum Gasteiger partial charge on any atom is 0.237 e. The highest BCUT2D eigenvalue weighted by atomic mass is 16.5. The van der Waals surface area contributed by atoms with E-state index in [1.54, 1.807) is 13.2 Å². The first-order chi connectivity index (χ1) is 6.77. The molecule has 0 saturated carbocycles. The molecule has 4 heteroatoms. The smallest absolute Gasteiger partial charge is 0.237 e. The molecule has 1 rings (SSSR count). The van der Waals surface area contributed by atoms with Crippen molar-refractivity contribution in [3.63, 3.8) is 0 Å². The standard InChI is InChI=1S/C10H18N2O2/c1-3-4-5-11-10(13)9-6-8(14-2)7-12-9/h3,8-9,12H,1,4-7H2,2H3,(H,11,13). The molecule has 1 aliphatic rings. The van der Waals surface area contributed by atoms with Crippen molar-refractivity contribution in [3.8, 4) is 0 Å². The van der Waals surface area contributed by atoms with Crippen LogP contribution in [0.25, 0.3) is 0 Å². The summed E-state index contributed by atoms with van der Waals surface area (Å²) in [6, 6.07) is -0.0928. The molecule has 2 atom stereocenters. The van der Waals surface area contributed by atoms with Crippen LogP contribution in [0.1, 0.15) is 12.8 Å². The van der Waals surface area contributed by atoms with Crippen molar-refractivity contribution in [3.05, 3.63) is 12.7 Å². The van der Waals surface area contributed by atoms with Crippen LogP contribution in [-0.4, -0.2) is 38.3 Å². The fraction of sp³-hybridized carbons (Fsp3) is 0.700. The predicted molar refractivity (Wildman–Crippen MR) is 55.0 cm³/mol. The lowest BCUT2D eigenvalue weighted by Crippen LogP contribution is -2.40. The van der Waals surface area contributed by atoms with Crippen LogP contribution in [0.3, 0.4) is 0 Å². The first kappa shape index (κ1) is 11.2. The van der Waals surface area contributed by atoms with Crippen molar-refractivity contribution in [2.24, 2.45) is 0 Å². The number of hydrogen-bond acceptors (Lipinski definition) is 3. The van der Waals surface area contributed by atoms with Crippen LogP contribution in [-0.2, 0) is 9.53 Å². The second-order valence-corrected chi connectivity index (χ2v) is 3.42. The maximum atomic E-state index is 11.5. The number of hydrogen-bond donors (Lipinski definition) is 2. The molecule has 0 aromatic heterocycles. The number of nitrogens with one attached hydrogen (secondary N) is 2. The summed E-state index contributed by atoms with van der Waals surface area (Å²) in [7, 11) is 1.67. The van der Waals surface area contributed by atoms with E-state index >= 15 is 0 Å². The molecule has 0 spiro atoms. The van der Waals surface area contributed by atoms with Crippen LogP contribution < -0.4 is 10.6 Å². The zero-order valence-corrected chi connectivity index (χ0v) is 8.58. The van der Waals surface area contributed by atoms with Crippen molar-refractivity contribution < 1.29 is 9.53 Å². The van der Waals surface area contributed by atoms with Gasteiger partial charge in [-0.2, -0.15) is 0 Å². The molecule has 14 heavy (non-hydrogen) atoms. The van der Waals surface area contributed by atoms with Crippen molar-refractivity contribution in [2.45, 2.75) is 25.0 Å². The molecule has 2 unspecified atom stereocenters. The molecule has 1 aliphatic heterocycles. The highest BCUT2D eigenvalue weighted by Gasteiger charge is 2.28. The van der Waals surface area contributed by atoms with Gasteiger partial charge in [-0.25, -0.2) is 0 Å². The first-order valence-electron chi connectivity index (χ1n) is 4.92. The van der Waals surface area contributed by atoms with Gasteiger partial charge < -0.3 is 15.4 Å². The Kier molecular flexibility index (Phi) is 4.62. The number of carbonyl (C=O) groups excluding carboxylic acids is 1. The third-order valence-corrected chi connectivity index (χ3v) is 2.39. The van der Waals surface area contributed by atoms with Gasteiger partial charge in [-0.05, 0) is 12.8 Å². The van der Waals surface area contributed by atoms with Crippen LogP contribution >= 0.6 is 0 Å². The highest BCUT2D eigenvalue weighted by Crippen LogP contribution is 2.09. The van der Waals surface area contributed by atoms with Gasteiger partial charge in [0.2, 0.25) is 5.91 Å². The molecule has 2 N–H and O–H groups in total. The van der Waals surface area contributed by atoms with E-state index in [-0.39, 0.29) is 18.1 Å². The van der Waals surface area contributed by atoms with Crippen LogP contribution in [0.5, 0.6) is 0 Å².